The van der Waals surface area contributed by atoms with Crippen molar-refractivity contribution in [1.82, 2.24) is 0 Å². The topological polar surface area (TPSA) is 26.3 Å². The van der Waals surface area contributed by atoms with Crippen LogP contribution in [0.15, 0.2) is 311 Å². The highest BCUT2D eigenvalue weighted by Crippen LogP contribution is 2.53. The monoisotopic (exact) mass is 1210 g/mol. The molecular formula is C89H56O2. The number of rotatable bonds is 4. The van der Waals surface area contributed by atoms with Gasteiger partial charge in [0.25, 0.3) is 0 Å². The van der Waals surface area contributed by atoms with E-state index in [9.17, 15) is 28.8 Å². The summed E-state index contributed by atoms with van der Waals surface area (Å²) in [6.45, 7) is 3.10. The number of fused-ring (bicyclic) bond motifs is 18. The fraction of sp³-hybridized carbons (Fsp3) is 0.0337. The van der Waals surface area contributed by atoms with E-state index in [0.717, 1.165) is 0 Å². The zero-order valence-electron chi connectivity index (χ0n) is 96.3. The Morgan fingerprint density at radius 3 is 1.04 bits per heavy atom. The highest BCUT2D eigenvalue weighted by atomic mass is 16.3. The molecule has 1 aliphatic carbocycles. The molecule has 0 bridgehead atoms. The van der Waals surface area contributed by atoms with Crippen molar-refractivity contribution in [3.8, 4) is 55.6 Å². The van der Waals surface area contributed by atoms with Crippen molar-refractivity contribution in [1.29, 1.82) is 0 Å². The van der Waals surface area contributed by atoms with E-state index in [2.05, 4.69) is 0 Å². The molecule has 0 amide bonds. The molecular weight excluding hydrogens is 1100 g/mol. The Labute approximate surface area is 595 Å². The molecule has 0 spiro atoms. The third kappa shape index (κ3) is 7.79. The lowest BCUT2D eigenvalue weighted by Crippen LogP contribution is -2.14. The van der Waals surface area contributed by atoms with E-state index in [1.54, 1.807) is 13.8 Å². The van der Waals surface area contributed by atoms with Gasteiger partial charge in [-0.05, 0) is 213 Å². The molecule has 91 heavy (non-hydrogen) atoms. The van der Waals surface area contributed by atoms with Crippen molar-refractivity contribution in [3.05, 3.63) is 313 Å². The Kier molecular flexibility index (Phi) is 4.87. The standard InChI is InChI=1S/C45H30O.C44H26O/c1-45(2)39-18-10-9-13-31(39)36-24-29(19-21-40(36)45)43-32-14-5-7-16-34(32)44(35-17-8-6-15-33(35)43)30-20-22-41-37(25-30)38-23-27-11-3-4-12-28(27)26-42(38)46-41;1-2-12-28-26-42-39(23-27(28)11-1)38-25-30(21-22-41(38)45-42)43-34-17-7-9-19-36(34)44(37-20-10-8-18-35(37)43)40-24-29-13-3-4-14-31(29)32-15-5-6-16-33(32)40/h3-26H,1-2H3;1-26H/i3D,4D,5D,6D,7D,8D,9D,10D,11D,12D,13D,14D,15D,16D,17D,18D,19D,20D,21D,22D,23D,24D,25D,26D;1D,2D,3D,4D,5D,6D,7D,8D,9D,10D,11D,12D,13D,14D,15D,16D,17D,18D,19D,20D,21D,22D,23D,24D,25D,26D. The van der Waals surface area contributed by atoms with Crippen LogP contribution in [0.25, 0.3) is 186 Å². The zero-order valence-corrected chi connectivity index (χ0v) is 46.3. The summed E-state index contributed by atoms with van der Waals surface area (Å²) in [6, 6.07) is -41.2. The van der Waals surface area contributed by atoms with Crippen LogP contribution in [0.4, 0.5) is 0 Å². The van der Waals surface area contributed by atoms with Crippen molar-refractivity contribution >= 4 is 130 Å². The van der Waals surface area contributed by atoms with E-state index in [4.69, 9.17) is 48.6 Å². The van der Waals surface area contributed by atoms with Crippen LogP contribution in [0.5, 0.6) is 0 Å². The molecule has 0 unspecified atom stereocenters. The smallest absolute Gasteiger partial charge is 0.136 e. The molecule has 19 aromatic rings. The predicted molar refractivity (Wildman–Crippen MR) is 387 cm³/mol. The molecule has 0 radical (unpaired) electrons. The van der Waals surface area contributed by atoms with Gasteiger partial charge in [0.05, 0.1) is 68.5 Å². The first-order valence-electron chi connectivity index (χ1n) is 52.6. The first kappa shape index (κ1) is 22.5. The summed E-state index contributed by atoms with van der Waals surface area (Å²) in [5, 5.41) is -11.3. The van der Waals surface area contributed by atoms with Gasteiger partial charge in [0.15, 0.2) is 0 Å². The number of hydrogen-bond donors (Lipinski definition) is 0. The van der Waals surface area contributed by atoms with Gasteiger partial charge in [0, 0.05) is 27.0 Å². The summed E-state index contributed by atoms with van der Waals surface area (Å²) in [5.41, 5.74) is -9.48. The molecule has 424 valence electrons. The van der Waals surface area contributed by atoms with Gasteiger partial charge in [0.1, 0.15) is 22.3 Å². The molecule has 2 nitrogen and oxygen atoms in total. The quantitative estimate of drug-likeness (QED) is 0.130. The van der Waals surface area contributed by atoms with Gasteiger partial charge in [-0.2, -0.15) is 0 Å². The second kappa shape index (κ2) is 19.7. The van der Waals surface area contributed by atoms with Gasteiger partial charge in [-0.15, -0.1) is 0 Å². The van der Waals surface area contributed by atoms with Crippen LogP contribution in [0.2, 0.25) is 0 Å². The van der Waals surface area contributed by atoms with Crippen molar-refractivity contribution in [2.75, 3.05) is 0 Å². The Bertz CT molecular complexity index is 9270. The fourth-order valence-corrected chi connectivity index (χ4v) is 12.2. The van der Waals surface area contributed by atoms with Gasteiger partial charge in [-0.1, -0.05) is 256 Å². The molecule has 0 saturated carbocycles. The maximum atomic E-state index is 9.89. The van der Waals surface area contributed by atoms with E-state index in [0.29, 0.717) is 0 Å². The van der Waals surface area contributed by atoms with Crippen molar-refractivity contribution < 1.29 is 77.4 Å². The van der Waals surface area contributed by atoms with Crippen molar-refractivity contribution in [2.24, 2.45) is 0 Å². The highest BCUT2D eigenvalue weighted by molar-refractivity contribution is 6.27. The largest absolute Gasteiger partial charge is 0.456 e. The van der Waals surface area contributed by atoms with Gasteiger partial charge in [-0.25, -0.2) is 0 Å². The summed E-state index contributed by atoms with van der Waals surface area (Å²) in [4.78, 5) is 0. The molecule has 20 rings (SSSR count). The normalized spacial score (nSPS) is 20.5. The molecule has 0 saturated heterocycles. The van der Waals surface area contributed by atoms with Crippen molar-refractivity contribution in [3.63, 3.8) is 0 Å². The number of benzene rings is 17. The van der Waals surface area contributed by atoms with Gasteiger partial charge in [-0.3, -0.25) is 0 Å². The Balaban J connectivity index is 0.000000179. The van der Waals surface area contributed by atoms with Crippen LogP contribution < -0.4 is 0 Å². The molecule has 1 aliphatic rings. The van der Waals surface area contributed by atoms with Crippen molar-refractivity contribution in [2.45, 2.75) is 19.3 Å². The lowest BCUT2D eigenvalue weighted by molar-refractivity contribution is 0.660. The maximum absolute atomic E-state index is 9.89. The summed E-state index contributed by atoms with van der Waals surface area (Å²) >= 11 is 0. The Hall–Kier alpha value is -11.6. The Morgan fingerprint density at radius 1 is 0.220 bits per heavy atom. The van der Waals surface area contributed by atoms with Crippen LogP contribution in [0, 0.1) is 0 Å². The molecule has 17 aromatic carbocycles. The molecule has 2 heterocycles. The van der Waals surface area contributed by atoms with E-state index in [1.165, 1.54) is 0 Å². The van der Waals surface area contributed by atoms with Crippen LogP contribution in [-0.4, -0.2) is 0 Å². The zero-order chi connectivity index (χ0) is 104. The summed E-state index contributed by atoms with van der Waals surface area (Å²) in [7, 11) is 0. The van der Waals surface area contributed by atoms with E-state index < -0.39 is 482 Å². The third-order valence-electron chi connectivity index (χ3n) is 16.1. The van der Waals surface area contributed by atoms with E-state index in [-0.39, 0.29) is 22.3 Å². The summed E-state index contributed by atoms with van der Waals surface area (Å²) in [6.07, 6.45) is 0. The molecule has 0 atom stereocenters. The minimum absolute atomic E-state index is 0.00184. The summed E-state index contributed by atoms with van der Waals surface area (Å²) in [5.74, 6) is 0. The molecule has 0 aliphatic heterocycles. The maximum Gasteiger partial charge on any atom is 0.136 e. The molecule has 2 aromatic heterocycles. The lowest BCUT2D eigenvalue weighted by Gasteiger charge is -2.22. The second-order valence-corrected chi connectivity index (χ2v) is 21.4. The van der Waals surface area contributed by atoms with Crippen LogP contribution >= 0.6 is 0 Å². The second-order valence-electron chi connectivity index (χ2n) is 21.4. The van der Waals surface area contributed by atoms with Gasteiger partial charge < -0.3 is 8.83 Å². The molecule has 0 N–H and O–H groups in total. The highest BCUT2D eigenvalue weighted by Gasteiger charge is 2.35. The predicted octanol–water partition coefficient (Wildman–Crippen LogP) is 25.4. The minimum Gasteiger partial charge on any atom is -0.456 e. The third-order valence-corrected chi connectivity index (χ3v) is 16.1. The van der Waals surface area contributed by atoms with Crippen LogP contribution in [0.3, 0.4) is 0 Å². The van der Waals surface area contributed by atoms with Gasteiger partial charge >= 0.3 is 0 Å². The average Bonchev–Trinajstić information content (AvgIpc) is 1.38. The first-order valence-corrected chi connectivity index (χ1v) is 27.6. The lowest BCUT2D eigenvalue weighted by atomic mass is 9.81. The SMILES string of the molecule is [2H]c1c(-c2c3c([2H])c([2H])c([2H])c([2H])c3c(-c3c([2H])c4c([2H])c([2H])c([2H])c([2H])c4c4c([2H])c([2H])c([2H])c([2H])c34)c3c([2H])c([2H])c([2H])c([2H])c23)c([2H])c2c(oc3c([2H])c4c([2H])c([2H])c([2H])c([2H])c4c([2H])c32)c1[2H].[2H]c1c([2H])c([2H])c2c(c1[2H])-c1c([2H])c(-c3c4c([2H])c([2H])c([2H])c([2H])c4c(-c4c([2H])c([2H])c5oc6c([2H])c7c([2H])c([2H])c([2H])c([2H])c7c([2H])c6c5c4[2H])c4c([2H])c([2H])c([2H])c([2H])c34)c([2H])c([2H])c1C2(C)C. The van der Waals surface area contributed by atoms with Crippen LogP contribution in [-0.2, 0) is 5.41 Å². The Morgan fingerprint density at radius 2 is 0.560 bits per heavy atom. The van der Waals surface area contributed by atoms with Crippen LogP contribution in [0.1, 0.15) is 93.5 Å². The summed E-state index contributed by atoms with van der Waals surface area (Å²) < 4.78 is 465. The number of furan rings is 2. The average molecular weight is 1210 g/mol. The fourth-order valence-electron chi connectivity index (χ4n) is 12.2. The minimum atomic E-state index is -1.42. The first-order chi connectivity index (χ1) is 65.7. The van der Waals surface area contributed by atoms with E-state index in [1.807, 2.05) is 0 Å². The molecule has 2 heteroatoms. The number of hydrogen-bond acceptors (Lipinski definition) is 2. The molecule has 0 fully saturated rings. The van der Waals surface area contributed by atoms with Gasteiger partial charge in [0.2, 0.25) is 0 Å². The van der Waals surface area contributed by atoms with E-state index >= 15 is 0 Å².